The van der Waals surface area contributed by atoms with Crippen molar-refractivity contribution in [3.8, 4) is 0 Å². The summed E-state index contributed by atoms with van der Waals surface area (Å²) in [5.41, 5.74) is 0. The van der Waals surface area contributed by atoms with Crippen molar-refractivity contribution in [1.29, 1.82) is 0 Å². The Hall–Kier alpha value is 0.170. The van der Waals surface area contributed by atoms with Crippen molar-refractivity contribution < 1.29 is 9.59 Å². The Morgan fingerprint density at radius 1 is 1.07 bits per heavy atom. The summed E-state index contributed by atoms with van der Waals surface area (Å²) in [5, 5.41) is -0.702. The van der Waals surface area contributed by atoms with Crippen LogP contribution in [0.5, 0.6) is 0 Å². The van der Waals surface area contributed by atoms with E-state index in [9.17, 15) is 9.59 Å². The predicted molar refractivity (Wildman–Crippen MR) is 60.3 cm³/mol. The molecule has 0 amide bonds. The Morgan fingerprint density at radius 2 is 1.43 bits per heavy atom. The van der Waals surface area contributed by atoms with Gasteiger partial charge in [-0.3, -0.25) is 9.59 Å². The van der Waals surface area contributed by atoms with E-state index >= 15 is 0 Å². The van der Waals surface area contributed by atoms with Crippen LogP contribution in [0.1, 0.15) is 19.8 Å². The second-order valence-electron chi connectivity index (χ2n) is 2.64. The SMILES string of the molecule is CCN(CCC(=O)Cl)CCC(=O)Cl.Cl. The summed E-state index contributed by atoms with van der Waals surface area (Å²) >= 11 is 10.4. The first-order chi connectivity index (χ1) is 6.06. The van der Waals surface area contributed by atoms with E-state index in [0.717, 1.165) is 6.54 Å². The van der Waals surface area contributed by atoms with Crippen LogP contribution in [-0.4, -0.2) is 35.0 Å². The Kier molecular flexibility index (Phi) is 11.5. The molecule has 0 aliphatic carbocycles. The molecule has 0 saturated carbocycles. The Morgan fingerprint density at radius 3 is 1.64 bits per heavy atom. The first-order valence-electron chi connectivity index (χ1n) is 4.15. The van der Waals surface area contributed by atoms with Crippen LogP contribution in [0.3, 0.4) is 0 Å². The normalized spacial score (nSPS) is 9.71. The molecule has 6 heteroatoms. The number of carbonyl (C=O) groups is 2. The van der Waals surface area contributed by atoms with Gasteiger partial charge in [0, 0.05) is 25.9 Å². The minimum atomic E-state index is -0.351. The van der Waals surface area contributed by atoms with Gasteiger partial charge in [0.05, 0.1) is 0 Å². The lowest BCUT2D eigenvalue weighted by Crippen LogP contribution is -2.27. The van der Waals surface area contributed by atoms with Crippen molar-refractivity contribution >= 4 is 46.1 Å². The molecule has 0 N–H and O–H groups in total. The van der Waals surface area contributed by atoms with Crippen molar-refractivity contribution in [3.05, 3.63) is 0 Å². The lowest BCUT2D eigenvalue weighted by atomic mass is 10.3. The molecule has 0 bridgehead atoms. The van der Waals surface area contributed by atoms with Gasteiger partial charge in [-0.25, -0.2) is 0 Å². The van der Waals surface area contributed by atoms with Crippen LogP contribution in [0.25, 0.3) is 0 Å². The molecule has 0 fully saturated rings. The zero-order valence-corrected chi connectivity index (χ0v) is 10.3. The Bertz CT molecular complexity index is 169. The zero-order chi connectivity index (χ0) is 10.3. The summed E-state index contributed by atoms with van der Waals surface area (Å²) in [6, 6.07) is 0. The molecular formula is C8H14Cl3NO2. The van der Waals surface area contributed by atoms with Gasteiger partial charge >= 0.3 is 0 Å². The molecule has 0 saturated heterocycles. The molecule has 0 spiro atoms. The van der Waals surface area contributed by atoms with E-state index in [2.05, 4.69) is 0 Å². The number of rotatable bonds is 7. The monoisotopic (exact) mass is 261 g/mol. The molecule has 0 unspecified atom stereocenters. The Balaban J connectivity index is 0. The summed E-state index contributed by atoms with van der Waals surface area (Å²) < 4.78 is 0. The van der Waals surface area contributed by atoms with Gasteiger partial charge in [0.25, 0.3) is 0 Å². The molecule has 0 radical (unpaired) electrons. The van der Waals surface area contributed by atoms with E-state index in [-0.39, 0.29) is 22.9 Å². The van der Waals surface area contributed by atoms with Crippen LogP contribution >= 0.6 is 35.6 Å². The molecule has 0 aromatic heterocycles. The molecular weight excluding hydrogens is 248 g/mol. The smallest absolute Gasteiger partial charge is 0.222 e. The minimum absolute atomic E-state index is 0. The molecule has 0 atom stereocenters. The van der Waals surface area contributed by atoms with Crippen LogP contribution in [0.15, 0.2) is 0 Å². The van der Waals surface area contributed by atoms with Crippen LogP contribution < -0.4 is 0 Å². The van der Waals surface area contributed by atoms with Gasteiger partial charge in [0.1, 0.15) is 0 Å². The van der Waals surface area contributed by atoms with Crippen molar-refractivity contribution in [2.45, 2.75) is 19.8 Å². The van der Waals surface area contributed by atoms with Crippen molar-refractivity contribution in [2.75, 3.05) is 19.6 Å². The highest BCUT2D eigenvalue weighted by Gasteiger charge is 2.06. The fourth-order valence-corrected chi connectivity index (χ4v) is 1.09. The standard InChI is InChI=1S/C8H13Cl2NO2.ClH/c1-2-11(5-3-7(9)12)6-4-8(10)13;/h2-6H2,1H3;1H. The summed E-state index contributed by atoms with van der Waals surface area (Å²) in [4.78, 5) is 22.9. The third-order valence-corrected chi connectivity index (χ3v) is 2.07. The topological polar surface area (TPSA) is 37.4 Å². The number of hydrogen-bond donors (Lipinski definition) is 0. The number of hydrogen-bond acceptors (Lipinski definition) is 3. The molecule has 0 heterocycles. The third-order valence-electron chi connectivity index (χ3n) is 1.70. The van der Waals surface area contributed by atoms with Crippen LogP contribution in [-0.2, 0) is 9.59 Å². The molecule has 3 nitrogen and oxygen atoms in total. The number of halogens is 3. The molecule has 0 rings (SSSR count). The van der Waals surface area contributed by atoms with Gasteiger partial charge in [-0.05, 0) is 29.7 Å². The van der Waals surface area contributed by atoms with Crippen molar-refractivity contribution in [3.63, 3.8) is 0 Å². The first kappa shape index (κ1) is 16.6. The highest BCUT2D eigenvalue weighted by atomic mass is 35.5. The van der Waals surface area contributed by atoms with E-state index in [1.807, 2.05) is 11.8 Å². The molecule has 0 aromatic carbocycles. The molecule has 0 aliphatic heterocycles. The van der Waals surface area contributed by atoms with Gasteiger partial charge in [0.15, 0.2) is 0 Å². The summed E-state index contributed by atoms with van der Waals surface area (Å²) in [7, 11) is 0. The lowest BCUT2D eigenvalue weighted by Gasteiger charge is -2.17. The van der Waals surface area contributed by atoms with E-state index in [1.54, 1.807) is 0 Å². The van der Waals surface area contributed by atoms with Crippen LogP contribution in [0.4, 0.5) is 0 Å². The maximum atomic E-state index is 10.4. The van der Waals surface area contributed by atoms with Crippen molar-refractivity contribution in [1.82, 2.24) is 4.90 Å². The van der Waals surface area contributed by atoms with Gasteiger partial charge in [0.2, 0.25) is 10.5 Å². The maximum Gasteiger partial charge on any atom is 0.222 e. The first-order valence-corrected chi connectivity index (χ1v) is 4.91. The molecule has 0 aromatic rings. The zero-order valence-electron chi connectivity index (χ0n) is 7.96. The van der Waals surface area contributed by atoms with E-state index in [4.69, 9.17) is 23.2 Å². The van der Waals surface area contributed by atoms with Crippen LogP contribution in [0.2, 0.25) is 0 Å². The second kappa shape index (κ2) is 9.71. The number of carbonyl (C=O) groups excluding carboxylic acids is 2. The van der Waals surface area contributed by atoms with Crippen LogP contribution in [0, 0.1) is 0 Å². The van der Waals surface area contributed by atoms with Gasteiger partial charge in [-0.15, -0.1) is 12.4 Å². The highest BCUT2D eigenvalue weighted by molar-refractivity contribution is 6.63. The van der Waals surface area contributed by atoms with Gasteiger partial charge in [-0.2, -0.15) is 0 Å². The summed E-state index contributed by atoms with van der Waals surface area (Å²) in [6.45, 7) is 3.91. The largest absolute Gasteiger partial charge is 0.303 e. The van der Waals surface area contributed by atoms with E-state index in [0.29, 0.717) is 25.9 Å². The predicted octanol–water partition coefficient (Wildman–Crippen LogP) is 2.04. The van der Waals surface area contributed by atoms with Gasteiger partial charge < -0.3 is 4.90 Å². The third kappa shape index (κ3) is 10.3. The lowest BCUT2D eigenvalue weighted by molar-refractivity contribution is -0.112. The fourth-order valence-electron chi connectivity index (χ4n) is 0.920. The average molecular weight is 263 g/mol. The van der Waals surface area contributed by atoms with Crippen molar-refractivity contribution in [2.24, 2.45) is 0 Å². The maximum absolute atomic E-state index is 10.4. The quantitative estimate of drug-likeness (QED) is 0.659. The minimum Gasteiger partial charge on any atom is -0.303 e. The Labute approximate surface area is 100 Å². The summed E-state index contributed by atoms with van der Waals surface area (Å²) in [5.74, 6) is 0. The average Bonchev–Trinajstić information content (AvgIpc) is 2.04. The van der Waals surface area contributed by atoms with E-state index < -0.39 is 0 Å². The van der Waals surface area contributed by atoms with Gasteiger partial charge in [-0.1, -0.05) is 6.92 Å². The molecule has 84 valence electrons. The number of nitrogens with zero attached hydrogens (tertiary/aromatic N) is 1. The molecule has 0 aliphatic rings. The highest BCUT2D eigenvalue weighted by Crippen LogP contribution is 1.98. The fraction of sp³-hybridized carbons (Fsp3) is 0.750. The second-order valence-corrected chi connectivity index (χ2v) is 3.49. The molecule has 14 heavy (non-hydrogen) atoms. The van der Waals surface area contributed by atoms with E-state index in [1.165, 1.54) is 0 Å². The summed E-state index contributed by atoms with van der Waals surface area (Å²) in [6.07, 6.45) is 0.623.